The topological polar surface area (TPSA) is 75.6 Å². The molecular weight excluding hydrogens is 314 g/mol. The highest BCUT2D eigenvalue weighted by Gasteiger charge is 2.13. The number of carbonyl (C=O) groups is 1. The normalized spacial score (nSPS) is 10.7. The Hall–Kier alpha value is -2.60. The fraction of sp³-hybridized carbons (Fsp3) is 0.188. The summed E-state index contributed by atoms with van der Waals surface area (Å²) in [6.45, 7) is 2.32. The van der Waals surface area contributed by atoms with E-state index >= 15 is 0 Å². The minimum Gasteiger partial charge on any atom is -0.345 e. The number of aromatic amines is 1. The maximum Gasteiger partial charge on any atom is 0.269 e. The van der Waals surface area contributed by atoms with Crippen molar-refractivity contribution < 1.29 is 4.79 Å². The quantitative estimate of drug-likeness (QED) is 0.772. The van der Waals surface area contributed by atoms with E-state index < -0.39 is 0 Å². The van der Waals surface area contributed by atoms with E-state index in [4.69, 9.17) is 11.6 Å². The van der Waals surface area contributed by atoms with Gasteiger partial charge in [-0.2, -0.15) is 10.2 Å². The van der Waals surface area contributed by atoms with Gasteiger partial charge in [0, 0.05) is 12.6 Å². The van der Waals surface area contributed by atoms with Gasteiger partial charge in [-0.1, -0.05) is 41.4 Å². The van der Waals surface area contributed by atoms with Crippen LogP contribution in [0, 0.1) is 6.92 Å². The lowest BCUT2D eigenvalue weighted by molar-refractivity contribution is 0.0945. The Morgan fingerprint density at radius 1 is 1.35 bits per heavy atom. The average molecular weight is 330 g/mol. The summed E-state index contributed by atoms with van der Waals surface area (Å²) in [6.07, 6.45) is 1.55. The largest absolute Gasteiger partial charge is 0.345 e. The molecule has 2 N–H and O–H groups in total. The van der Waals surface area contributed by atoms with E-state index in [0.717, 1.165) is 17.0 Å². The first-order valence-corrected chi connectivity index (χ1v) is 7.49. The van der Waals surface area contributed by atoms with Gasteiger partial charge in [-0.05, 0) is 13.0 Å². The van der Waals surface area contributed by atoms with Crippen molar-refractivity contribution in [3.63, 3.8) is 0 Å². The van der Waals surface area contributed by atoms with Gasteiger partial charge in [0.2, 0.25) is 0 Å². The number of rotatable bonds is 4. The molecule has 0 unspecified atom stereocenters. The van der Waals surface area contributed by atoms with Crippen LogP contribution in [0.3, 0.4) is 0 Å². The van der Waals surface area contributed by atoms with E-state index in [1.165, 1.54) is 5.56 Å². The van der Waals surface area contributed by atoms with Crippen LogP contribution in [0.15, 0.2) is 36.5 Å². The number of halogens is 1. The first-order valence-electron chi connectivity index (χ1n) is 7.11. The number of carbonyl (C=O) groups excluding carboxylic acids is 1. The SMILES string of the molecule is Cc1ccc(-c2cc(C(=O)NCc3c(Cl)cnn3C)[nH]n2)cc1. The second-order valence-corrected chi connectivity index (χ2v) is 5.69. The third-order valence-corrected chi connectivity index (χ3v) is 3.91. The average Bonchev–Trinajstić information content (AvgIpc) is 3.14. The molecule has 1 aromatic carbocycles. The van der Waals surface area contributed by atoms with Crippen LogP contribution in [0.5, 0.6) is 0 Å². The van der Waals surface area contributed by atoms with E-state index in [1.54, 1.807) is 24.0 Å². The van der Waals surface area contributed by atoms with Crippen LogP contribution in [-0.2, 0) is 13.6 Å². The molecule has 6 nitrogen and oxygen atoms in total. The van der Waals surface area contributed by atoms with Crippen molar-refractivity contribution in [3.05, 3.63) is 58.5 Å². The minimum absolute atomic E-state index is 0.242. The summed E-state index contributed by atoms with van der Waals surface area (Å²) in [5, 5.41) is 14.3. The van der Waals surface area contributed by atoms with E-state index in [0.29, 0.717) is 17.3 Å². The molecule has 0 fully saturated rings. The van der Waals surface area contributed by atoms with Gasteiger partial charge in [-0.3, -0.25) is 14.6 Å². The standard InChI is InChI=1S/C16H16ClN5O/c1-10-3-5-11(6-4-10)13-7-14(21-20-13)16(23)18-9-15-12(17)8-19-22(15)2/h3-8H,9H2,1-2H3,(H,18,23)(H,20,21). The smallest absolute Gasteiger partial charge is 0.269 e. The molecule has 0 bridgehead atoms. The van der Waals surface area contributed by atoms with Gasteiger partial charge in [-0.15, -0.1) is 0 Å². The zero-order chi connectivity index (χ0) is 16.4. The third-order valence-electron chi connectivity index (χ3n) is 3.60. The molecule has 0 spiro atoms. The maximum absolute atomic E-state index is 12.2. The minimum atomic E-state index is -0.242. The molecule has 2 aromatic heterocycles. The Kier molecular flexibility index (Phi) is 4.16. The van der Waals surface area contributed by atoms with Gasteiger partial charge in [0.25, 0.3) is 5.91 Å². The van der Waals surface area contributed by atoms with Crippen LogP contribution in [0.2, 0.25) is 5.02 Å². The molecule has 0 radical (unpaired) electrons. The Labute approximate surface area is 138 Å². The van der Waals surface area contributed by atoms with Crippen molar-refractivity contribution in [2.75, 3.05) is 0 Å². The second-order valence-electron chi connectivity index (χ2n) is 5.28. The maximum atomic E-state index is 12.2. The molecule has 0 aliphatic heterocycles. The Morgan fingerprint density at radius 2 is 2.09 bits per heavy atom. The highest BCUT2D eigenvalue weighted by atomic mass is 35.5. The van der Waals surface area contributed by atoms with Crippen LogP contribution < -0.4 is 5.32 Å². The molecule has 0 aliphatic carbocycles. The summed E-state index contributed by atoms with van der Waals surface area (Å²) in [5.41, 5.74) is 4.02. The zero-order valence-corrected chi connectivity index (χ0v) is 13.6. The van der Waals surface area contributed by atoms with Gasteiger partial charge in [-0.25, -0.2) is 0 Å². The lowest BCUT2D eigenvalue weighted by Gasteiger charge is -2.04. The predicted octanol–water partition coefficient (Wildman–Crippen LogP) is 2.70. The van der Waals surface area contributed by atoms with Crippen molar-refractivity contribution in [2.45, 2.75) is 13.5 Å². The number of nitrogens with one attached hydrogen (secondary N) is 2. The molecule has 1 amide bonds. The van der Waals surface area contributed by atoms with Crippen LogP contribution in [-0.4, -0.2) is 25.9 Å². The third kappa shape index (κ3) is 3.27. The molecule has 0 saturated heterocycles. The zero-order valence-electron chi connectivity index (χ0n) is 12.8. The van der Waals surface area contributed by atoms with E-state index in [9.17, 15) is 4.79 Å². The summed E-state index contributed by atoms with van der Waals surface area (Å²) < 4.78 is 1.63. The van der Waals surface area contributed by atoms with E-state index in [2.05, 4.69) is 20.6 Å². The first-order chi connectivity index (χ1) is 11.0. The summed E-state index contributed by atoms with van der Waals surface area (Å²) in [7, 11) is 1.78. The summed E-state index contributed by atoms with van der Waals surface area (Å²) in [4.78, 5) is 12.2. The van der Waals surface area contributed by atoms with Crippen LogP contribution >= 0.6 is 11.6 Å². The number of H-pyrrole nitrogens is 1. The molecule has 3 aromatic rings. The molecular formula is C16H16ClN5O. The van der Waals surface area contributed by atoms with Crippen molar-refractivity contribution in [3.8, 4) is 11.3 Å². The molecule has 3 rings (SSSR count). The van der Waals surface area contributed by atoms with Gasteiger partial charge < -0.3 is 5.32 Å². The Morgan fingerprint density at radius 3 is 2.74 bits per heavy atom. The van der Waals surface area contributed by atoms with Crippen molar-refractivity contribution in [2.24, 2.45) is 7.05 Å². The molecule has 23 heavy (non-hydrogen) atoms. The van der Waals surface area contributed by atoms with Gasteiger partial charge in [0.15, 0.2) is 0 Å². The fourth-order valence-electron chi connectivity index (χ4n) is 2.20. The lowest BCUT2D eigenvalue weighted by Crippen LogP contribution is -2.24. The number of amides is 1. The molecule has 118 valence electrons. The van der Waals surface area contributed by atoms with Gasteiger partial charge >= 0.3 is 0 Å². The highest BCUT2D eigenvalue weighted by Crippen LogP contribution is 2.18. The predicted molar refractivity (Wildman–Crippen MR) is 88.1 cm³/mol. The summed E-state index contributed by atoms with van der Waals surface area (Å²) >= 11 is 6.02. The molecule has 2 heterocycles. The number of hydrogen-bond donors (Lipinski definition) is 2. The van der Waals surface area contributed by atoms with Crippen LogP contribution in [0.4, 0.5) is 0 Å². The van der Waals surface area contributed by atoms with Crippen molar-refractivity contribution >= 4 is 17.5 Å². The monoisotopic (exact) mass is 329 g/mol. The number of hydrogen-bond acceptors (Lipinski definition) is 3. The van der Waals surface area contributed by atoms with Gasteiger partial charge in [0.1, 0.15) is 5.69 Å². The molecule has 0 saturated carbocycles. The molecule has 0 aliphatic rings. The van der Waals surface area contributed by atoms with Gasteiger partial charge in [0.05, 0.1) is 29.2 Å². The molecule has 7 heteroatoms. The van der Waals surface area contributed by atoms with Crippen LogP contribution in [0.1, 0.15) is 21.7 Å². The Bertz CT molecular complexity index is 815. The number of aryl methyl sites for hydroxylation is 2. The highest BCUT2D eigenvalue weighted by molar-refractivity contribution is 6.31. The van der Waals surface area contributed by atoms with Crippen molar-refractivity contribution in [1.82, 2.24) is 25.3 Å². The Balaban J connectivity index is 1.70. The van der Waals surface area contributed by atoms with E-state index in [1.807, 2.05) is 31.2 Å². The number of aromatic nitrogens is 4. The summed E-state index contributed by atoms with van der Waals surface area (Å²) in [5.74, 6) is -0.242. The number of nitrogens with zero attached hydrogens (tertiary/aromatic N) is 3. The number of benzene rings is 1. The van der Waals surface area contributed by atoms with Crippen molar-refractivity contribution in [1.29, 1.82) is 0 Å². The molecule has 0 atom stereocenters. The lowest BCUT2D eigenvalue weighted by atomic mass is 10.1. The van der Waals surface area contributed by atoms with E-state index in [-0.39, 0.29) is 5.91 Å². The fourth-order valence-corrected chi connectivity index (χ4v) is 2.44. The second kappa shape index (κ2) is 6.26. The first kappa shape index (κ1) is 15.3. The summed E-state index contributed by atoms with van der Waals surface area (Å²) in [6, 6.07) is 9.69. The van der Waals surface area contributed by atoms with Crippen LogP contribution in [0.25, 0.3) is 11.3 Å².